The summed E-state index contributed by atoms with van der Waals surface area (Å²) in [6, 6.07) is 26.7. The van der Waals surface area contributed by atoms with Crippen molar-refractivity contribution in [1.82, 2.24) is 20.1 Å². The molecule has 0 radical (unpaired) electrons. The highest BCUT2D eigenvalue weighted by atomic mass is 19.1. The Morgan fingerprint density at radius 2 is 1.57 bits per heavy atom. The van der Waals surface area contributed by atoms with Crippen LogP contribution in [0.25, 0.3) is 17.1 Å². The number of carboxylic acid groups (broad SMARTS) is 1. The number of amides is 1. The highest BCUT2D eigenvalue weighted by Gasteiger charge is 2.10. The van der Waals surface area contributed by atoms with Gasteiger partial charge < -0.3 is 10.4 Å². The van der Waals surface area contributed by atoms with Crippen LogP contribution in [0.1, 0.15) is 25.2 Å². The second-order valence-electron chi connectivity index (χ2n) is 6.79. The number of aryl methyl sites for hydroxylation is 2. The summed E-state index contributed by atoms with van der Waals surface area (Å²) in [5.74, 6) is 0.453. The van der Waals surface area contributed by atoms with Gasteiger partial charge in [0.05, 0.1) is 5.69 Å². The minimum Gasteiger partial charge on any atom is -0.480 e. The van der Waals surface area contributed by atoms with E-state index in [0.717, 1.165) is 28.5 Å². The van der Waals surface area contributed by atoms with Gasteiger partial charge in [-0.3, -0.25) is 9.59 Å². The molecule has 2 N–H and O–H groups in total. The smallest absolute Gasteiger partial charge is 0.322 e. The first-order valence-electron chi connectivity index (χ1n) is 11.1. The second kappa shape index (κ2) is 16.3. The van der Waals surface area contributed by atoms with Gasteiger partial charge in [0.25, 0.3) is 0 Å². The number of halogens is 1. The molecule has 0 spiro atoms. The normalized spacial score (nSPS) is 9.17. The van der Waals surface area contributed by atoms with Crippen molar-refractivity contribution in [2.24, 2.45) is 0 Å². The van der Waals surface area contributed by atoms with E-state index in [4.69, 9.17) is 5.11 Å². The van der Waals surface area contributed by atoms with Gasteiger partial charge in [0.1, 0.15) is 18.2 Å². The summed E-state index contributed by atoms with van der Waals surface area (Å²) in [5, 5.41) is 14.3. The molecule has 0 unspecified atom stereocenters. The maximum atomic E-state index is 12.2. The zero-order valence-corrected chi connectivity index (χ0v) is 20.4. The van der Waals surface area contributed by atoms with E-state index in [-0.39, 0.29) is 12.4 Å². The van der Waals surface area contributed by atoms with E-state index in [1.165, 1.54) is 12.1 Å². The van der Waals surface area contributed by atoms with Gasteiger partial charge in [0.15, 0.2) is 5.82 Å². The third kappa shape index (κ3) is 10.9. The number of nitrogens with zero attached hydrogens (tertiary/aromatic N) is 3. The first-order valence-corrected chi connectivity index (χ1v) is 11.1. The van der Waals surface area contributed by atoms with E-state index >= 15 is 0 Å². The molecular weight excluding hydrogens is 447 g/mol. The lowest BCUT2D eigenvalue weighted by Gasteiger charge is -2.05. The number of hydrogen-bond donors (Lipinski definition) is 2. The molecule has 0 fully saturated rings. The predicted octanol–water partition coefficient (Wildman–Crippen LogP) is 5.22. The first kappa shape index (κ1) is 28.7. The monoisotopic (exact) mass is 478 g/mol. The van der Waals surface area contributed by atoms with Gasteiger partial charge in [-0.1, -0.05) is 74.5 Å². The Bertz CT molecular complexity index is 1080. The molecule has 184 valence electrons. The fraction of sp³-hybridized carbons (Fsp3) is 0.185. The largest absolute Gasteiger partial charge is 0.480 e. The van der Waals surface area contributed by atoms with Crippen molar-refractivity contribution in [3.05, 3.63) is 102 Å². The molecule has 1 amide bonds. The topological polar surface area (TPSA) is 97.1 Å². The number of para-hydroxylation sites is 1. The molecule has 1 aromatic heterocycles. The van der Waals surface area contributed by atoms with Crippen LogP contribution in [-0.2, 0) is 9.59 Å². The second-order valence-corrected chi connectivity index (χ2v) is 6.79. The van der Waals surface area contributed by atoms with Crippen LogP contribution in [0, 0.1) is 19.7 Å². The lowest BCUT2D eigenvalue weighted by molar-refractivity contribution is -0.136. The summed E-state index contributed by atoms with van der Waals surface area (Å²) in [4.78, 5) is 23.4. The van der Waals surface area contributed by atoms with Crippen LogP contribution < -0.4 is 5.32 Å². The summed E-state index contributed by atoms with van der Waals surface area (Å²) >= 11 is 0. The van der Waals surface area contributed by atoms with Gasteiger partial charge in [0.2, 0.25) is 6.41 Å². The number of hydrogen-bond acceptors (Lipinski definition) is 4. The molecule has 35 heavy (non-hydrogen) atoms. The van der Waals surface area contributed by atoms with E-state index in [1.807, 2.05) is 104 Å². The SMILES string of the molecule is CC.Cc1cccc(F)c1.Cc1nc(-c2ccccc2)n(-c2ccccc2)n1.O=CNCC(=O)O. The third-order valence-corrected chi connectivity index (χ3v) is 4.06. The van der Waals surface area contributed by atoms with Crippen molar-refractivity contribution in [2.45, 2.75) is 27.7 Å². The molecule has 0 saturated heterocycles. The highest BCUT2D eigenvalue weighted by Crippen LogP contribution is 2.20. The van der Waals surface area contributed by atoms with E-state index in [9.17, 15) is 14.0 Å². The number of aromatic nitrogens is 3. The molecule has 3 aromatic carbocycles. The summed E-state index contributed by atoms with van der Waals surface area (Å²) in [6.45, 7) is 7.47. The fourth-order valence-corrected chi connectivity index (χ4v) is 2.67. The highest BCUT2D eigenvalue weighted by molar-refractivity contribution is 5.71. The first-order chi connectivity index (χ1) is 16.9. The molecule has 0 aliphatic rings. The van der Waals surface area contributed by atoms with E-state index in [0.29, 0.717) is 6.41 Å². The van der Waals surface area contributed by atoms with Crippen molar-refractivity contribution in [2.75, 3.05) is 6.54 Å². The van der Waals surface area contributed by atoms with Gasteiger partial charge in [0, 0.05) is 5.56 Å². The summed E-state index contributed by atoms with van der Waals surface area (Å²) in [5.41, 5.74) is 3.06. The molecule has 1 heterocycles. The van der Waals surface area contributed by atoms with Crippen molar-refractivity contribution in [3.8, 4) is 17.1 Å². The Kier molecular flexibility index (Phi) is 13.4. The Morgan fingerprint density at radius 1 is 0.971 bits per heavy atom. The standard InChI is InChI=1S/C15H13N3.C7H7F.C3H5NO3.C2H6/c1-12-16-15(13-8-4-2-5-9-13)18(17-12)14-10-6-3-7-11-14;1-6-3-2-4-7(8)5-6;5-2-4-1-3(6)7;1-2/h2-11H,1H3;2-5H,1H3;2H,1H2,(H,4,5)(H,6,7);1-2H3. The number of nitrogens with one attached hydrogen (secondary N) is 1. The van der Waals surface area contributed by atoms with Crippen LogP contribution >= 0.6 is 0 Å². The van der Waals surface area contributed by atoms with Crippen LogP contribution in [0.4, 0.5) is 4.39 Å². The minimum atomic E-state index is -1.04. The van der Waals surface area contributed by atoms with Crippen molar-refractivity contribution < 1.29 is 19.1 Å². The van der Waals surface area contributed by atoms with Crippen LogP contribution in [-0.4, -0.2) is 38.8 Å². The summed E-state index contributed by atoms with van der Waals surface area (Å²) in [6.07, 6.45) is 0.341. The van der Waals surface area contributed by atoms with Gasteiger partial charge in [-0.25, -0.2) is 14.1 Å². The number of aliphatic carboxylic acids is 1. The fourth-order valence-electron chi connectivity index (χ4n) is 2.67. The quantitative estimate of drug-likeness (QED) is 0.383. The average Bonchev–Trinajstić information content (AvgIpc) is 3.27. The molecule has 4 rings (SSSR count). The number of carbonyl (C=O) groups is 2. The van der Waals surface area contributed by atoms with Gasteiger partial charge in [-0.2, -0.15) is 5.10 Å². The van der Waals surface area contributed by atoms with E-state index in [1.54, 1.807) is 6.07 Å². The molecule has 8 heteroatoms. The lowest BCUT2D eigenvalue weighted by Crippen LogP contribution is -2.20. The van der Waals surface area contributed by atoms with E-state index in [2.05, 4.69) is 10.1 Å². The zero-order chi connectivity index (χ0) is 26.1. The maximum Gasteiger partial charge on any atom is 0.322 e. The lowest BCUT2D eigenvalue weighted by atomic mass is 10.2. The number of benzene rings is 3. The predicted molar refractivity (Wildman–Crippen MR) is 136 cm³/mol. The van der Waals surface area contributed by atoms with Gasteiger partial charge in [-0.05, 0) is 43.7 Å². The van der Waals surface area contributed by atoms with Gasteiger partial charge in [-0.15, -0.1) is 0 Å². The molecule has 0 aliphatic heterocycles. The number of rotatable bonds is 5. The van der Waals surface area contributed by atoms with E-state index < -0.39 is 5.97 Å². The Morgan fingerprint density at radius 3 is 2.03 bits per heavy atom. The van der Waals surface area contributed by atoms with Gasteiger partial charge >= 0.3 is 5.97 Å². The molecule has 0 aliphatic carbocycles. The Labute approximate surface area is 205 Å². The number of carbonyl (C=O) groups excluding carboxylic acids is 1. The van der Waals surface area contributed by atoms with Crippen LogP contribution in [0.15, 0.2) is 84.9 Å². The van der Waals surface area contributed by atoms with Crippen molar-refractivity contribution >= 4 is 12.4 Å². The molecule has 4 aromatic rings. The molecule has 7 nitrogen and oxygen atoms in total. The van der Waals surface area contributed by atoms with Crippen molar-refractivity contribution in [3.63, 3.8) is 0 Å². The van der Waals surface area contributed by atoms with Crippen LogP contribution in [0.2, 0.25) is 0 Å². The average molecular weight is 479 g/mol. The summed E-state index contributed by atoms with van der Waals surface area (Å²) < 4.78 is 14.0. The van der Waals surface area contributed by atoms with Crippen LogP contribution in [0.3, 0.4) is 0 Å². The summed E-state index contributed by atoms with van der Waals surface area (Å²) in [7, 11) is 0. The number of carboxylic acids is 1. The Balaban J connectivity index is 0.000000301. The minimum absolute atomic E-state index is 0.162. The molecule has 0 saturated carbocycles. The molecule has 0 atom stereocenters. The zero-order valence-electron chi connectivity index (χ0n) is 20.4. The van der Waals surface area contributed by atoms with Crippen LogP contribution in [0.5, 0.6) is 0 Å². The van der Waals surface area contributed by atoms with Crippen molar-refractivity contribution in [1.29, 1.82) is 0 Å². The third-order valence-electron chi connectivity index (χ3n) is 4.06. The molecular formula is C27H31FN4O3. The molecule has 0 bridgehead atoms. The maximum absolute atomic E-state index is 12.2. The Hall–Kier alpha value is -4.33.